The number of phenols is 4. The van der Waals surface area contributed by atoms with E-state index in [0.29, 0.717) is 11.5 Å². The van der Waals surface area contributed by atoms with E-state index in [0.717, 1.165) is 55.8 Å². The third kappa shape index (κ3) is 10.1. The standard InChI is InChI=1S/C37H31O4P.C19H18O4.BrH/c38-33-24-23-32-34(39)26-35(41-37(32)36(33)40)28-21-19-27(20-22-28)12-10-11-25-42(29-13-4-1-5-14-29,30-15-6-2-7-16-30)31-17-8-3-9-18-31;1-2-3-4-12-5-7-13(8-6-12)17-11-16(21)14-9-10-15(20)18(22)19(14)23-17;/h1-9,13-24,26H,10-12,25H2,(H-,38,39,40);5-11,20,22H,2-4H2,1H3;1H. The van der Waals surface area contributed by atoms with Gasteiger partial charge in [0.15, 0.2) is 33.5 Å². The van der Waals surface area contributed by atoms with E-state index in [2.05, 4.69) is 110 Å². The first kappa shape index (κ1) is 47.0. The van der Waals surface area contributed by atoms with E-state index in [1.165, 1.54) is 63.4 Å². The molecular formula is C56H50BrO8P. The largest absolute Gasteiger partial charge is 1.00 e. The lowest BCUT2D eigenvalue weighted by molar-refractivity contribution is -0.0000170. The second kappa shape index (κ2) is 21.4. The van der Waals surface area contributed by atoms with Crippen molar-refractivity contribution in [2.45, 2.75) is 45.4 Å². The number of aryl methyl sites for hydroxylation is 2. The summed E-state index contributed by atoms with van der Waals surface area (Å²) in [6.45, 7) is 2.15. The summed E-state index contributed by atoms with van der Waals surface area (Å²) in [4.78, 5) is 24.8. The van der Waals surface area contributed by atoms with Crippen LogP contribution in [0.2, 0.25) is 0 Å². The monoisotopic (exact) mass is 960 g/mol. The zero-order chi connectivity index (χ0) is 45.3. The van der Waals surface area contributed by atoms with Crippen LogP contribution >= 0.6 is 7.26 Å². The van der Waals surface area contributed by atoms with E-state index in [1.807, 2.05) is 36.4 Å². The highest BCUT2D eigenvalue weighted by atomic mass is 79.9. The summed E-state index contributed by atoms with van der Waals surface area (Å²) in [6, 6.07) is 57.0. The molecule has 66 heavy (non-hydrogen) atoms. The van der Waals surface area contributed by atoms with E-state index in [4.69, 9.17) is 8.83 Å². The third-order valence-corrected chi connectivity index (χ3v) is 16.3. The van der Waals surface area contributed by atoms with Crippen LogP contribution in [-0.4, -0.2) is 26.6 Å². The predicted molar refractivity (Wildman–Crippen MR) is 264 cm³/mol. The Balaban J connectivity index is 0.000000229. The topological polar surface area (TPSA) is 141 Å². The molecule has 0 unspecified atom stereocenters. The molecule has 0 aliphatic rings. The molecule has 8 nitrogen and oxygen atoms in total. The normalized spacial score (nSPS) is 11.2. The second-order valence-electron chi connectivity index (χ2n) is 16.1. The number of phenolic OH excluding ortho intramolecular Hbond substituents is 4. The molecule has 0 saturated heterocycles. The first-order valence-electron chi connectivity index (χ1n) is 21.9. The summed E-state index contributed by atoms with van der Waals surface area (Å²) < 4.78 is 11.5. The SMILES string of the molecule is CCCCc1ccc(-c2cc(=O)c3ccc(O)c(O)c3o2)cc1.O=c1cc(-c2ccc(CCCC[P+](c3ccccc3)(c3ccccc3)c3ccccc3)cc2)oc2c(O)c(O)ccc12.[Br-]. The Kier molecular flexibility index (Phi) is 15.2. The van der Waals surface area contributed by atoms with Gasteiger partial charge in [0, 0.05) is 23.3 Å². The number of unbranched alkanes of at least 4 members (excludes halogenated alkanes) is 2. The third-order valence-electron chi connectivity index (χ3n) is 11.8. The van der Waals surface area contributed by atoms with E-state index >= 15 is 0 Å². The molecule has 0 amide bonds. The van der Waals surface area contributed by atoms with Gasteiger partial charge in [-0.25, -0.2) is 0 Å². The van der Waals surface area contributed by atoms with Gasteiger partial charge in [-0.1, -0.05) is 116 Å². The van der Waals surface area contributed by atoms with Crippen LogP contribution in [0, 0.1) is 0 Å². The fourth-order valence-corrected chi connectivity index (χ4v) is 12.7. The highest BCUT2D eigenvalue weighted by Gasteiger charge is 2.44. The molecular weight excluding hydrogens is 911 g/mol. The highest BCUT2D eigenvalue weighted by molar-refractivity contribution is 7.95. The minimum Gasteiger partial charge on any atom is -1.00 e. The van der Waals surface area contributed by atoms with E-state index in [1.54, 1.807) is 0 Å². The van der Waals surface area contributed by atoms with Gasteiger partial charge in [-0.2, -0.15) is 0 Å². The maximum absolute atomic E-state index is 12.6. The van der Waals surface area contributed by atoms with E-state index < -0.39 is 18.8 Å². The van der Waals surface area contributed by atoms with E-state index in [-0.39, 0.29) is 61.3 Å². The van der Waals surface area contributed by atoms with Crippen molar-refractivity contribution >= 4 is 45.1 Å². The summed E-state index contributed by atoms with van der Waals surface area (Å²) in [5.41, 5.74) is 3.41. The van der Waals surface area contributed by atoms with Gasteiger partial charge in [0.1, 0.15) is 34.7 Å². The zero-order valence-electron chi connectivity index (χ0n) is 36.4. The van der Waals surface area contributed by atoms with Crippen molar-refractivity contribution < 1.29 is 46.2 Å². The summed E-state index contributed by atoms with van der Waals surface area (Å²) in [7, 11) is -1.84. The van der Waals surface area contributed by atoms with Gasteiger partial charge in [-0.3, -0.25) is 9.59 Å². The Morgan fingerprint density at radius 2 is 0.833 bits per heavy atom. The maximum Gasteiger partial charge on any atom is 0.201 e. The molecule has 0 fully saturated rings. The van der Waals surface area contributed by atoms with Gasteiger partial charge in [0.2, 0.25) is 11.5 Å². The van der Waals surface area contributed by atoms with Crippen LogP contribution < -0.4 is 43.8 Å². The summed E-state index contributed by atoms with van der Waals surface area (Å²) in [5.74, 6) is -0.762. The molecule has 4 N–H and O–H groups in total. The molecule has 2 heterocycles. The highest BCUT2D eigenvalue weighted by Crippen LogP contribution is 2.56. The summed E-state index contributed by atoms with van der Waals surface area (Å²) in [6.07, 6.45) is 7.45. The molecule has 0 aliphatic carbocycles. The van der Waals surface area contributed by atoms with Gasteiger partial charge >= 0.3 is 0 Å². The fourth-order valence-electron chi connectivity index (χ4n) is 8.29. The molecule has 0 atom stereocenters. The molecule has 9 rings (SSSR count). The number of fused-ring (bicyclic) bond motifs is 2. The van der Waals surface area contributed by atoms with Crippen molar-refractivity contribution in [1.29, 1.82) is 0 Å². The van der Waals surface area contributed by atoms with Crippen molar-refractivity contribution in [2.24, 2.45) is 0 Å². The fraction of sp³-hybridized carbons (Fsp3) is 0.143. The number of hydrogen-bond acceptors (Lipinski definition) is 8. The number of hydrogen-bond donors (Lipinski definition) is 4. The molecule has 0 radical (unpaired) electrons. The van der Waals surface area contributed by atoms with Crippen LogP contribution in [0.15, 0.2) is 194 Å². The Morgan fingerprint density at radius 3 is 1.21 bits per heavy atom. The van der Waals surface area contributed by atoms with Gasteiger partial charge in [-0.05, 0) is 104 Å². The van der Waals surface area contributed by atoms with Gasteiger partial charge < -0.3 is 46.2 Å². The van der Waals surface area contributed by atoms with Crippen molar-refractivity contribution in [1.82, 2.24) is 0 Å². The van der Waals surface area contributed by atoms with Gasteiger partial charge in [0.05, 0.1) is 16.9 Å². The lowest BCUT2D eigenvalue weighted by Gasteiger charge is -2.27. The smallest absolute Gasteiger partial charge is 0.201 e. The second-order valence-corrected chi connectivity index (χ2v) is 19.7. The molecule has 0 bridgehead atoms. The summed E-state index contributed by atoms with van der Waals surface area (Å²) in [5, 5.41) is 44.2. The first-order valence-corrected chi connectivity index (χ1v) is 23.8. The van der Waals surface area contributed by atoms with Crippen LogP contribution in [0.4, 0.5) is 0 Å². The van der Waals surface area contributed by atoms with Crippen LogP contribution in [0.3, 0.4) is 0 Å². The Labute approximate surface area is 394 Å². The van der Waals surface area contributed by atoms with Gasteiger partial charge in [0.25, 0.3) is 0 Å². The molecule has 2 aromatic heterocycles. The van der Waals surface area contributed by atoms with Crippen molar-refractivity contribution in [3.05, 3.63) is 207 Å². The van der Waals surface area contributed by atoms with Crippen molar-refractivity contribution in [3.8, 4) is 45.6 Å². The zero-order valence-corrected chi connectivity index (χ0v) is 38.9. The average molecular weight is 962 g/mol. The molecule has 334 valence electrons. The predicted octanol–water partition coefficient (Wildman–Crippen LogP) is 8.41. The number of rotatable bonds is 13. The molecule has 10 heteroatoms. The minimum absolute atomic E-state index is 0. The molecule has 0 saturated carbocycles. The van der Waals surface area contributed by atoms with Crippen molar-refractivity contribution in [3.63, 3.8) is 0 Å². The lowest BCUT2D eigenvalue weighted by atomic mass is 10.0. The molecule has 0 spiro atoms. The maximum atomic E-state index is 12.6. The molecule has 7 aromatic carbocycles. The molecule has 0 aliphatic heterocycles. The van der Waals surface area contributed by atoms with Crippen LogP contribution in [0.1, 0.15) is 43.7 Å². The van der Waals surface area contributed by atoms with Gasteiger partial charge in [-0.15, -0.1) is 0 Å². The molecule has 9 aromatic rings. The average Bonchev–Trinajstić information content (AvgIpc) is 3.35. The van der Waals surface area contributed by atoms with Crippen LogP contribution in [0.25, 0.3) is 44.6 Å². The van der Waals surface area contributed by atoms with E-state index in [9.17, 15) is 30.0 Å². The number of benzene rings is 7. The quantitative estimate of drug-likeness (QED) is 0.0514. The minimum atomic E-state index is -1.84. The van der Waals surface area contributed by atoms with Crippen molar-refractivity contribution in [2.75, 3.05) is 6.16 Å². The Hall–Kier alpha value is -6.93. The Bertz CT molecular complexity index is 3060. The Morgan fingerprint density at radius 1 is 0.455 bits per heavy atom. The van der Waals surface area contributed by atoms with Crippen LogP contribution in [-0.2, 0) is 12.8 Å². The van der Waals surface area contributed by atoms with Crippen LogP contribution in [0.5, 0.6) is 23.0 Å². The number of aromatic hydroxyl groups is 4. The number of halogens is 1. The summed E-state index contributed by atoms with van der Waals surface area (Å²) >= 11 is 0. The first-order chi connectivity index (χ1) is 31.7. The lowest BCUT2D eigenvalue weighted by Crippen LogP contribution is -3.00.